The Morgan fingerprint density at radius 3 is 2.78 bits per heavy atom. The molecule has 0 aliphatic rings. The van der Waals surface area contributed by atoms with E-state index in [0.717, 1.165) is 27.4 Å². The fourth-order valence-electron chi connectivity index (χ4n) is 1.56. The van der Waals surface area contributed by atoms with Crippen LogP contribution >= 0.6 is 27.7 Å². The number of hydrogen-bond acceptors (Lipinski definition) is 4. The largest absolute Gasteiger partial charge is 0.436 e. The quantitative estimate of drug-likeness (QED) is 0.923. The Morgan fingerprint density at radius 1 is 1.39 bits per heavy atom. The molecular weight excluding hydrogens is 312 g/mol. The van der Waals surface area contributed by atoms with Gasteiger partial charge >= 0.3 is 0 Å². The predicted molar refractivity (Wildman–Crippen MR) is 77.0 cm³/mol. The Labute approximate surface area is 120 Å². The Morgan fingerprint density at radius 2 is 2.17 bits per heavy atom. The van der Waals surface area contributed by atoms with E-state index in [1.54, 1.807) is 11.8 Å². The van der Waals surface area contributed by atoms with Crippen LogP contribution in [-0.2, 0) is 6.54 Å². The van der Waals surface area contributed by atoms with Gasteiger partial charge in [0.25, 0.3) is 5.22 Å². The highest BCUT2D eigenvalue weighted by atomic mass is 79.9. The molecule has 0 aliphatic carbocycles. The molecule has 1 aromatic carbocycles. The molecule has 2 rings (SSSR count). The van der Waals surface area contributed by atoms with Gasteiger partial charge in [-0.3, -0.25) is 0 Å². The first-order valence-corrected chi connectivity index (χ1v) is 7.26. The second-order valence-corrected chi connectivity index (χ2v) is 5.91. The van der Waals surface area contributed by atoms with E-state index in [-0.39, 0.29) is 0 Å². The van der Waals surface area contributed by atoms with Gasteiger partial charge in [-0.15, -0.1) is 0 Å². The molecule has 2 aromatic rings. The average Bonchev–Trinajstić information content (AvgIpc) is 2.62. The van der Waals surface area contributed by atoms with E-state index in [1.165, 1.54) is 5.56 Å². The van der Waals surface area contributed by atoms with Crippen LogP contribution in [0.5, 0.6) is 0 Å². The SMILES string of the molecule is CNCc1cc(Br)ccc1Sc1nc(C)c(C)o1. The monoisotopic (exact) mass is 326 g/mol. The van der Waals surface area contributed by atoms with Crippen LogP contribution in [0.2, 0.25) is 0 Å². The lowest BCUT2D eigenvalue weighted by atomic mass is 10.2. The van der Waals surface area contributed by atoms with E-state index >= 15 is 0 Å². The summed E-state index contributed by atoms with van der Waals surface area (Å²) in [6, 6.07) is 6.22. The highest BCUT2D eigenvalue weighted by molar-refractivity contribution is 9.10. The molecule has 1 N–H and O–H groups in total. The van der Waals surface area contributed by atoms with Gasteiger partial charge in [0.05, 0.1) is 5.69 Å². The van der Waals surface area contributed by atoms with Gasteiger partial charge in [-0.2, -0.15) is 0 Å². The van der Waals surface area contributed by atoms with Crippen molar-refractivity contribution in [1.29, 1.82) is 0 Å². The third-order valence-corrected chi connectivity index (χ3v) is 4.06. The summed E-state index contributed by atoms with van der Waals surface area (Å²) in [6.07, 6.45) is 0. The maximum Gasteiger partial charge on any atom is 0.261 e. The molecule has 0 amide bonds. The molecule has 5 heteroatoms. The predicted octanol–water partition coefficient (Wildman–Crippen LogP) is 3.92. The molecule has 0 saturated heterocycles. The number of hydrogen-bond donors (Lipinski definition) is 1. The standard InChI is InChI=1S/C13H15BrN2OS/c1-8-9(2)17-13(16-8)18-12-5-4-11(14)6-10(12)7-15-3/h4-6,15H,7H2,1-3H3. The third kappa shape index (κ3) is 3.16. The number of nitrogens with one attached hydrogen (secondary N) is 1. The van der Waals surface area contributed by atoms with Crippen molar-refractivity contribution in [3.8, 4) is 0 Å². The minimum absolute atomic E-state index is 0.699. The number of rotatable bonds is 4. The van der Waals surface area contributed by atoms with Crippen molar-refractivity contribution in [1.82, 2.24) is 10.3 Å². The van der Waals surface area contributed by atoms with Gasteiger partial charge in [0.1, 0.15) is 5.76 Å². The Hall–Kier alpha value is -0.780. The average molecular weight is 327 g/mol. The van der Waals surface area contributed by atoms with Gasteiger partial charge in [-0.25, -0.2) is 4.98 Å². The van der Waals surface area contributed by atoms with Crippen molar-refractivity contribution in [2.75, 3.05) is 7.05 Å². The van der Waals surface area contributed by atoms with Gasteiger partial charge in [-0.05, 0) is 56.4 Å². The maximum absolute atomic E-state index is 5.60. The highest BCUT2D eigenvalue weighted by Crippen LogP contribution is 2.32. The molecule has 3 nitrogen and oxygen atoms in total. The number of halogens is 1. The van der Waals surface area contributed by atoms with Crippen LogP contribution in [0.4, 0.5) is 0 Å². The van der Waals surface area contributed by atoms with Crippen LogP contribution in [0.15, 0.2) is 37.2 Å². The number of nitrogens with zero attached hydrogens (tertiary/aromatic N) is 1. The molecule has 0 fully saturated rings. The zero-order chi connectivity index (χ0) is 13.1. The Balaban J connectivity index is 2.27. The number of oxazole rings is 1. The van der Waals surface area contributed by atoms with Crippen molar-refractivity contribution >= 4 is 27.7 Å². The van der Waals surface area contributed by atoms with E-state index in [1.807, 2.05) is 27.0 Å². The fourth-order valence-corrected chi connectivity index (χ4v) is 2.90. The molecule has 0 aliphatic heterocycles. The van der Waals surface area contributed by atoms with Crippen molar-refractivity contribution < 1.29 is 4.42 Å². The molecule has 0 radical (unpaired) electrons. The van der Waals surface area contributed by atoms with Crippen LogP contribution in [0.3, 0.4) is 0 Å². The van der Waals surface area contributed by atoms with Crippen LogP contribution in [-0.4, -0.2) is 12.0 Å². The lowest BCUT2D eigenvalue weighted by Crippen LogP contribution is -2.06. The summed E-state index contributed by atoms with van der Waals surface area (Å²) < 4.78 is 6.68. The Kier molecular flexibility index (Phi) is 4.48. The number of benzene rings is 1. The van der Waals surface area contributed by atoms with Crippen LogP contribution in [0.25, 0.3) is 0 Å². The smallest absolute Gasteiger partial charge is 0.261 e. The first-order chi connectivity index (χ1) is 8.60. The zero-order valence-electron chi connectivity index (χ0n) is 10.6. The summed E-state index contributed by atoms with van der Waals surface area (Å²) >= 11 is 5.05. The molecule has 96 valence electrons. The first-order valence-electron chi connectivity index (χ1n) is 5.65. The molecule has 18 heavy (non-hydrogen) atoms. The molecule has 0 atom stereocenters. The highest BCUT2D eigenvalue weighted by Gasteiger charge is 2.10. The van der Waals surface area contributed by atoms with Crippen LogP contribution < -0.4 is 5.32 Å². The summed E-state index contributed by atoms with van der Waals surface area (Å²) in [5.74, 6) is 0.879. The van der Waals surface area contributed by atoms with E-state index in [0.29, 0.717) is 5.22 Å². The summed E-state index contributed by atoms with van der Waals surface area (Å²) in [4.78, 5) is 5.55. The molecule has 0 spiro atoms. The van der Waals surface area contributed by atoms with Gasteiger partial charge in [0, 0.05) is 15.9 Å². The topological polar surface area (TPSA) is 38.1 Å². The van der Waals surface area contributed by atoms with Crippen molar-refractivity contribution in [2.24, 2.45) is 0 Å². The van der Waals surface area contributed by atoms with Crippen molar-refractivity contribution in [3.05, 3.63) is 39.7 Å². The van der Waals surface area contributed by atoms with Crippen molar-refractivity contribution in [2.45, 2.75) is 30.5 Å². The molecule has 0 unspecified atom stereocenters. The second-order valence-electron chi connectivity index (χ2n) is 4.01. The van der Waals surface area contributed by atoms with Crippen molar-refractivity contribution in [3.63, 3.8) is 0 Å². The summed E-state index contributed by atoms with van der Waals surface area (Å²) in [6.45, 7) is 4.71. The molecule has 1 aromatic heterocycles. The minimum atomic E-state index is 0.699. The lowest BCUT2D eigenvalue weighted by molar-refractivity contribution is 0.431. The summed E-state index contributed by atoms with van der Waals surface area (Å²) in [7, 11) is 1.94. The van der Waals surface area contributed by atoms with E-state index in [9.17, 15) is 0 Å². The van der Waals surface area contributed by atoms with Gasteiger partial charge in [0.2, 0.25) is 0 Å². The van der Waals surface area contributed by atoms with Gasteiger partial charge in [-0.1, -0.05) is 15.9 Å². The molecule has 0 bridgehead atoms. The Bertz CT molecular complexity index is 534. The summed E-state index contributed by atoms with van der Waals surface area (Å²) in [5.41, 5.74) is 2.18. The van der Waals surface area contributed by atoms with Crippen LogP contribution in [0, 0.1) is 13.8 Å². The number of aryl methyl sites for hydroxylation is 2. The molecular formula is C13H15BrN2OS. The van der Waals surface area contributed by atoms with E-state index in [4.69, 9.17) is 4.42 Å². The molecule has 0 saturated carbocycles. The number of aromatic nitrogens is 1. The fraction of sp³-hybridized carbons (Fsp3) is 0.308. The van der Waals surface area contributed by atoms with E-state index in [2.05, 4.69) is 38.4 Å². The first kappa shape index (κ1) is 13.6. The lowest BCUT2D eigenvalue weighted by Gasteiger charge is -2.07. The second kappa shape index (κ2) is 5.91. The zero-order valence-corrected chi connectivity index (χ0v) is 13.0. The maximum atomic E-state index is 5.60. The minimum Gasteiger partial charge on any atom is -0.436 e. The normalized spacial score (nSPS) is 10.9. The van der Waals surface area contributed by atoms with Gasteiger partial charge < -0.3 is 9.73 Å². The summed E-state index contributed by atoms with van der Waals surface area (Å²) in [5, 5.41) is 3.87. The van der Waals surface area contributed by atoms with Gasteiger partial charge in [0.15, 0.2) is 0 Å². The third-order valence-electron chi connectivity index (χ3n) is 2.60. The van der Waals surface area contributed by atoms with Crippen LogP contribution in [0.1, 0.15) is 17.0 Å². The van der Waals surface area contributed by atoms with E-state index < -0.39 is 0 Å². The molecule has 1 heterocycles.